The molecule has 0 atom stereocenters. The Labute approximate surface area is 269 Å². The van der Waals surface area contributed by atoms with Crippen LogP contribution in [0, 0.1) is 0 Å². The van der Waals surface area contributed by atoms with Gasteiger partial charge in [-0.2, -0.15) is 0 Å². The molecular formula is C42H26N4O. The fourth-order valence-corrected chi connectivity index (χ4v) is 7.17. The topological polar surface area (TPSA) is 43.8 Å². The van der Waals surface area contributed by atoms with Gasteiger partial charge in [-0.05, 0) is 76.0 Å². The zero-order valence-electron chi connectivity index (χ0n) is 25.2. The van der Waals surface area contributed by atoms with Crippen LogP contribution in [0.15, 0.2) is 158 Å². The fourth-order valence-electron chi connectivity index (χ4n) is 7.17. The average molecular weight is 603 g/mol. The molecule has 0 spiro atoms. The highest BCUT2D eigenvalue weighted by molar-refractivity contribution is 6.15. The Morgan fingerprint density at radius 3 is 1.79 bits per heavy atom. The molecule has 0 aliphatic carbocycles. The quantitative estimate of drug-likeness (QED) is 0.188. The van der Waals surface area contributed by atoms with E-state index in [1.54, 1.807) is 0 Å². The monoisotopic (exact) mass is 602 g/mol. The second kappa shape index (κ2) is 10.0. The van der Waals surface area contributed by atoms with E-state index in [-0.39, 0.29) is 0 Å². The van der Waals surface area contributed by atoms with E-state index in [1.807, 2.05) is 30.9 Å². The van der Waals surface area contributed by atoms with Crippen molar-refractivity contribution in [3.8, 4) is 33.8 Å². The maximum Gasteiger partial charge on any atom is 0.145 e. The molecule has 0 saturated carbocycles. The van der Waals surface area contributed by atoms with E-state index in [0.29, 0.717) is 0 Å². The van der Waals surface area contributed by atoms with Crippen LogP contribution >= 0.6 is 0 Å². The molecular weight excluding hydrogens is 576 g/mol. The van der Waals surface area contributed by atoms with Crippen molar-refractivity contribution in [3.05, 3.63) is 158 Å². The van der Waals surface area contributed by atoms with Crippen LogP contribution in [-0.4, -0.2) is 18.8 Å². The predicted octanol–water partition coefficient (Wildman–Crippen LogP) is 10.7. The molecule has 10 rings (SSSR count). The lowest BCUT2D eigenvalue weighted by Crippen LogP contribution is -1.94. The highest BCUT2D eigenvalue weighted by Gasteiger charge is 2.16. The molecule has 4 aromatic heterocycles. The summed E-state index contributed by atoms with van der Waals surface area (Å²) in [6.07, 6.45) is 7.80. The van der Waals surface area contributed by atoms with Crippen molar-refractivity contribution < 1.29 is 4.74 Å². The number of ether oxygens (including phenoxy) is 1. The van der Waals surface area contributed by atoms with Crippen LogP contribution < -0.4 is 4.74 Å². The van der Waals surface area contributed by atoms with Gasteiger partial charge in [0.25, 0.3) is 0 Å². The molecule has 0 fully saturated rings. The first-order valence-corrected chi connectivity index (χ1v) is 15.7. The Hall–Kier alpha value is -6.46. The van der Waals surface area contributed by atoms with E-state index in [9.17, 15) is 0 Å². The van der Waals surface area contributed by atoms with Crippen LogP contribution in [0.3, 0.4) is 0 Å². The minimum absolute atomic E-state index is 0.756. The zero-order chi connectivity index (χ0) is 30.9. The third kappa shape index (κ3) is 3.97. The first-order chi connectivity index (χ1) is 23.3. The summed E-state index contributed by atoms with van der Waals surface area (Å²) in [5.41, 5.74) is 8.82. The van der Waals surface area contributed by atoms with Gasteiger partial charge in [0.15, 0.2) is 0 Å². The number of pyridine rings is 2. The summed E-state index contributed by atoms with van der Waals surface area (Å²) in [5.74, 6) is 1.51. The van der Waals surface area contributed by atoms with E-state index in [0.717, 1.165) is 55.4 Å². The molecule has 0 saturated heterocycles. The number of nitrogens with zero attached hydrogens (tertiary/aromatic N) is 4. The number of benzene rings is 6. The Balaban J connectivity index is 1.11. The van der Waals surface area contributed by atoms with Gasteiger partial charge in [-0.25, -0.2) is 9.97 Å². The van der Waals surface area contributed by atoms with Crippen LogP contribution in [0.2, 0.25) is 0 Å². The number of imidazole rings is 2. The summed E-state index contributed by atoms with van der Waals surface area (Å²) in [4.78, 5) is 9.55. The molecule has 0 aliphatic heterocycles. The van der Waals surface area contributed by atoms with E-state index < -0.39 is 0 Å². The number of fused-ring (bicyclic) bond motifs is 12. The molecule has 0 N–H and O–H groups in total. The van der Waals surface area contributed by atoms with E-state index >= 15 is 0 Å². The SMILES string of the molecule is c1ccc(-c2ccc3c(c2)c2ccc(Oc4ccc5c(c4)c4nccn4c4c(-c6ccccc6)cccc54)cc2c2nccn32)cc1. The van der Waals surface area contributed by atoms with Gasteiger partial charge < -0.3 is 4.74 Å². The average Bonchev–Trinajstić information content (AvgIpc) is 3.84. The van der Waals surface area contributed by atoms with Crippen molar-refractivity contribution in [2.24, 2.45) is 0 Å². The molecule has 0 aliphatic rings. The molecule has 0 radical (unpaired) electrons. The summed E-state index contributed by atoms with van der Waals surface area (Å²) in [5, 5.41) is 6.71. The first-order valence-electron chi connectivity index (χ1n) is 15.7. The first kappa shape index (κ1) is 25.8. The Morgan fingerprint density at radius 2 is 1.06 bits per heavy atom. The number of para-hydroxylation sites is 1. The molecule has 0 amide bonds. The van der Waals surface area contributed by atoms with Gasteiger partial charge in [-0.3, -0.25) is 8.80 Å². The van der Waals surface area contributed by atoms with Crippen molar-refractivity contribution in [1.29, 1.82) is 0 Å². The molecule has 5 heteroatoms. The van der Waals surface area contributed by atoms with Crippen molar-refractivity contribution in [2.75, 3.05) is 0 Å². The zero-order valence-corrected chi connectivity index (χ0v) is 25.2. The van der Waals surface area contributed by atoms with Crippen LogP contribution in [-0.2, 0) is 0 Å². The van der Waals surface area contributed by atoms with Crippen LogP contribution in [0.25, 0.3) is 76.9 Å². The van der Waals surface area contributed by atoms with Gasteiger partial charge in [0.2, 0.25) is 0 Å². The number of rotatable bonds is 4. The number of hydrogen-bond acceptors (Lipinski definition) is 3. The standard InChI is InChI=1S/C42H26N4O/c1-3-8-27(9-4-1)29-14-19-39-36(24-29)34-18-16-31(26-38(34)41-43-20-22-45(39)41)47-30-15-17-33-35-13-7-12-32(28-10-5-2-6-11-28)40(35)46-23-21-44-42(46)37(33)25-30/h1-26H. The lowest BCUT2D eigenvalue weighted by molar-refractivity contribution is 0.484. The van der Waals surface area contributed by atoms with E-state index in [1.165, 1.54) is 33.0 Å². The summed E-state index contributed by atoms with van der Waals surface area (Å²) in [7, 11) is 0. The number of aromatic nitrogens is 4. The van der Waals surface area contributed by atoms with Gasteiger partial charge in [0, 0.05) is 51.9 Å². The second-order valence-electron chi connectivity index (χ2n) is 11.9. The van der Waals surface area contributed by atoms with Gasteiger partial charge in [0.1, 0.15) is 22.8 Å². The predicted molar refractivity (Wildman–Crippen MR) is 191 cm³/mol. The van der Waals surface area contributed by atoms with Crippen molar-refractivity contribution in [2.45, 2.75) is 0 Å². The third-order valence-electron chi connectivity index (χ3n) is 9.29. The molecule has 0 unspecified atom stereocenters. The van der Waals surface area contributed by atoms with E-state index in [4.69, 9.17) is 14.7 Å². The van der Waals surface area contributed by atoms with Gasteiger partial charge in [-0.1, -0.05) is 84.9 Å². The largest absolute Gasteiger partial charge is 0.457 e. The molecule has 4 heterocycles. The summed E-state index contributed by atoms with van der Waals surface area (Å²) >= 11 is 0. The molecule has 5 nitrogen and oxygen atoms in total. The molecule has 0 bridgehead atoms. The molecule has 10 aromatic rings. The normalized spacial score (nSPS) is 11.8. The van der Waals surface area contributed by atoms with E-state index in [2.05, 4.69) is 136 Å². The summed E-state index contributed by atoms with van der Waals surface area (Å²) < 4.78 is 10.9. The minimum Gasteiger partial charge on any atom is -0.457 e. The van der Waals surface area contributed by atoms with Gasteiger partial charge in [-0.15, -0.1) is 0 Å². The molecule has 6 aromatic carbocycles. The summed E-state index contributed by atoms with van der Waals surface area (Å²) in [6, 6.07) is 46.8. The summed E-state index contributed by atoms with van der Waals surface area (Å²) in [6.45, 7) is 0. The maximum atomic E-state index is 6.58. The van der Waals surface area contributed by atoms with Crippen molar-refractivity contribution in [1.82, 2.24) is 18.8 Å². The third-order valence-corrected chi connectivity index (χ3v) is 9.29. The number of hydrogen-bond donors (Lipinski definition) is 0. The second-order valence-corrected chi connectivity index (χ2v) is 11.9. The molecule has 47 heavy (non-hydrogen) atoms. The highest BCUT2D eigenvalue weighted by atomic mass is 16.5. The van der Waals surface area contributed by atoms with Crippen molar-refractivity contribution >= 4 is 54.6 Å². The Kier molecular flexibility index (Phi) is 5.51. The van der Waals surface area contributed by atoms with Gasteiger partial charge >= 0.3 is 0 Å². The Bertz CT molecular complexity index is 2770. The Morgan fingerprint density at radius 1 is 0.426 bits per heavy atom. The van der Waals surface area contributed by atoms with Crippen molar-refractivity contribution in [3.63, 3.8) is 0 Å². The minimum atomic E-state index is 0.756. The maximum absolute atomic E-state index is 6.58. The smallest absolute Gasteiger partial charge is 0.145 e. The fraction of sp³-hybridized carbons (Fsp3) is 0. The van der Waals surface area contributed by atoms with Crippen LogP contribution in [0.5, 0.6) is 11.5 Å². The lowest BCUT2D eigenvalue weighted by Gasteiger charge is -2.15. The van der Waals surface area contributed by atoms with Crippen LogP contribution in [0.1, 0.15) is 0 Å². The molecule has 220 valence electrons. The van der Waals surface area contributed by atoms with Gasteiger partial charge in [0.05, 0.1) is 11.0 Å². The lowest BCUT2D eigenvalue weighted by atomic mass is 9.98. The highest BCUT2D eigenvalue weighted by Crippen LogP contribution is 2.39. The van der Waals surface area contributed by atoms with Crippen LogP contribution in [0.4, 0.5) is 0 Å².